The third-order valence-electron chi connectivity index (χ3n) is 4.02. The third-order valence-corrected chi connectivity index (χ3v) is 4.96. The number of aryl methyl sites for hydroxylation is 2. The zero-order valence-corrected chi connectivity index (χ0v) is 14.2. The summed E-state index contributed by atoms with van der Waals surface area (Å²) in [6, 6.07) is 13.6. The Labute approximate surface area is 137 Å². The summed E-state index contributed by atoms with van der Waals surface area (Å²) in [6.07, 6.45) is 1.67. The molecule has 2 aromatic carbocycles. The predicted octanol–water partition coefficient (Wildman–Crippen LogP) is 2.23. The fourth-order valence-corrected chi connectivity index (χ4v) is 3.14. The average molecular weight is 329 g/mol. The highest BCUT2D eigenvalue weighted by molar-refractivity contribution is 7.84. The number of hydrogen-bond acceptors (Lipinski definition) is 3. The first-order valence-corrected chi connectivity index (χ1v) is 8.85. The molecule has 5 nitrogen and oxygen atoms in total. The highest BCUT2D eigenvalue weighted by atomic mass is 32.2. The summed E-state index contributed by atoms with van der Waals surface area (Å²) in [5, 5.41) is 3.36. The molecule has 120 valence electrons. The summed E-state index contributed by atoms with van der Waals surface area (Å²) in [5.74, 6) is 0. The smallest absolute Gasteiger partial charge is 0.328 e. The standard InChI is InChI=1S/C17H19N3O2S/c1-19-15-9-6-13(10-16(15)20(2)17(19)21)18-11-12-4-7-14(8-5-12)23(3)22/h4-10,18H,11H2,1-3H3/t23-/m0/s1. The maximum absolute atomic E-state index is 11.9. The van der Waals surface area contributed by atoms with Crippen molar-refractivity contribution in [2.24, 2.45) is 14.1 Å². The number of nitrogens with zero attached hydrogens (tertiary/aromatic N) is 2. The normalized spacial score (nSPS) is 12.5. The molecule has 3 rings (SSSR count). The quantitative estimate of drug-likeness (QED) is 0.798. The van der Waals surface area contributed by atoms with Gasteiger partial charge in [0.1, 0.15) is 0 Å². The van der Waals surface area contributed by atoms with Crippen molar-refractivity contribution in [3.05, 3.63) is 58.5 Å². The van der Waals surface area contributed by atoms with Gasteiger partial charge in [0.05, 0.1) is 11.0 Å². The molecular weight excluding hydrogens is 310 g/mol. The number of rotatable bonds is 4. The number of imidazole rings is 1. The van der Waals surface area contributed by atoms with Gasteiger partial charge in [0.15, 0.2) is 0 Å². The van der Waals surface area contributed by atoms with E-state index in [1.807, 2.05) is 42.5 Å². The van der Waals surface area contributed by atoms with Gasteiger partial charge in [0.25, 0.3) is 0 Å². The van der Waals surface area contributed by atoms with Crippen LogP contribution in [0.4, 0.5) is 5.69 Å². The van der Waals surface area contributed by atoms with Crippen LogP contribution >= 0.6 is 0 Å². The number of aromatic nitrogens is 2. The van der Waals surface area contributed by atoms with Crippen LogP contribution < -0.4 is 11.0 Å². The van der Waals surface area contributed by atoms with Gasteiger partial charge in [0.2, 0.25) is 0 Å². The van der Waals surface area contributed by atoms with E-state index in [9.17, 15) is 9.00 Å². The molecule has 0 saturated carbocycles. The Hall–Kier alpha value is -2.34. The molecule has 1 atom stereocenters. The fraction of sp³-hybridized carbons (Fsp3) is 0.235. The molecule has 23 heavy (non-hydrogen) atoms. The van der Waals surface area contributed by atoms with E-state index in [0.29, 0.717) is 6.54 Å². The fourth-order valence-electron chi connectivity index (χ4n) is 2.62. The second-order valence-corrected chi connectivity index (χ2v) is 6.94. The van der Waals surface area contributed by atoms with Crippen LogP contribution in [-0.2, 0) is 31.4 Å². The van der Waals surface area contributed by atoms with Crippen LogP contribution in [0, 0.1) is 0 Å². The Kier molecular flexibility index (Phi) is 4.09. The van der Waals surface area contributed by atoms with Gasteiger partial charge in [0, 0.05) is 48.3 Å². The van der Waals surface area contributed by atoms with Gasteiger partial charge in [-0.1, -0.05) is 12.1 Å². The molecule has 0 radical (unpaired) electrons. The molecule has 0 aliphatic rings. The van der Waals surface area contributed by atoms with E-state index in [2.05, 4.69) is 5.32 Å². The summed E-state index contributed by atoms with van der Waals surface area (Å²) in [6.45, 7) is 0.670. The van der Waals surface area contributed by atoms with E-state index in [1.165, 1.54) is 0 Å². The molecule has 0 fully saturated rings. The number of anilines is 1. The van der Waals surface area contributed by atoms with Crippen LogP contribution in [0.2, 0.25) is 0 Å². The van der Waals surface area contributed by atoms with E-state index in [-0.39, 0.29) is 5.69 Å². The molecule has 0 bridgehead atoms. The van der Waals surface area contributed by atoms with Gasteiger partial charge in [-0.3, -0.25) is 13.3 Å². The van der Waals surface area contributed by atoms with Crippen molar-refractivity contribution in [2.75, 3.05) is 11.6 Å². The Bertz CT molecular complexity index is 939. The van der Waals surface area contributed by atoms with Gasteiger partial charge in [-0.05, 0) is 35.9 Å². The molecule has 1 heterocycles. The van der Waals surface area contributed by atoms with E-state index in [1.54, 1.807) is 29.5 Å². The third kappa shape index (κ3) is 2.94. The molecule has 0 saturated heterocycles. The first kappa shape index (κ1) is 15.6. The first-order chi connectivity index (χ1) is 11.0. The molecule has 1 aromatic heterocycles. The molecule has 0 unspecified atom stereocenters. The molecule has 0 amide bonds. The van der Waals surface area contributed by atoms with Crippen molar-refractivity contribution in [3.63, 3.8) is 0 Å². The van der Waals surface area contributed by atoms with Gasteiger partial charge >= 0.3 is 5.69 Å². The Morgan fingerprint density at radius 1 is 1.00 bits per heavy atom. The molecule has 0 aliphatic heterocycles. The van der Waals surface area contributed by atoms with Crippen LogP contribution in [0.3, 0.4) is 0 Å². The minimum absolute atomic E-state index is 0.0275. The summed E-state index contributed by atoms with van der Waals surface area (Å²) in [7, 11) is 2.60. The first-order valence-electron chi connectivity index (χ1n) is 7.29. The lowest BCUT2D eigenvalue weighted by atomic mass is 10.2. The Morgan fingerprint density at radius 2 is 1.65 bits per heavy atom. The Morgan fingerprint density at radius 3 is 2.30 bits per heavy atom. The topological polar surface area (TPSA) is 56.0 Å². The predicted molar refractivity (Wildman–Crippen MR) is 94.3 cm³/mol. The maximum Gasteiger partial charge on any atom is 0.328 e. The monoisotopic (exact) mass is 329 g/mol. The molecule has 6 heteroatoms. The SMILES string of the molecule is Cn1c(=O)n(C)c2cc(NCc3ccc([S@](C)=O)cc3)ccc21. The van der Waals surface area contributed by atoms with Crippen molar-refractivity contribution in [1.82, 2.24) is 9.13 Å². The highest BCUT2D eigenvalue weighted by Crippen LogP contribution is 2.18. The minimum atomic E-state index is -0.951. The number of hydrogen-bond donors (Lipinski definition) is 1. The summed E-state index contributed by atoms with van der Waals surface area (Å²) >= 11 is 0. The van der Waals surface area contributed by atoms with E-state index < -0.39 is 10.8 Å². The number of nitrogens with one attached hydrogen (secondary N) is 1. The van der Waals surface area contributed by atoms with E-state index in [0.717, 1.165) is 27.2 Å². The van der Waals surface area contributed by atoms with Crippen LogP contribution in [0.1, 0.15) is 5.56 Å². The minimum Gasteiger partial charge on any atom is -0.381 e. The lowest BCUT2D eigenvalue weighted by molar-refractivity contribution is 0.687. The van der Waals surface area contributed by atoms with E-state index >= 15 is 0 Å². The van der Waals surface area contributed by atoms with Crippen LogP contribution in [0.5, 0.6) is 0 Å². The number of fused-ring (bicyclic) bond motifs is 1. The summed E-state index contributed by atoms with van der Waals surface area (Å²) < 4.78 is 14.7. The molecule has 0 spiro atoms. The van der Waals surface area contributed by atoms with Gasteiger partial charge in [-0.2, -0.15) is 0 Å². The van der Waals surface area contributed by atoms with Crippen LogP contribution in [-0.4, -0.2) is 19.6 Å². The summed E-state index contributed by atoms with van der Waals surface area (Å²) in [4.78, 5) is 12.8. The van der Waals surface area contributed by atoms with Crippen molar-refractivity contribution in [2.45, 2.75) is 11.4 Å². The Balaban J connectivity index is 1.80. The number of benzene rings is 2. The van der Waals surface area contributed by atoms with Gasteiger partial charge in [-0.25, -0.2) is 4.79 Å². The molecule has 0 aliphatic carbocycles. The molecule has 1 N–H and O–H groups in total. The van der Waals surface area contributed by atoms with E-state index in [4.69, 9.17) is 0 Å². The zero-order chi connectivity index (χ0) is 16.6. The second-order valence-electron chi connectivity index (χ2n) is 5.56. The van der Waals surface area contributed by atoms with Gasteiger partial charge < -0.3 is 5.32 Å². The second kappa shape index (κ2) is 6.04. The van der Waals surface area contributed by atoms with Crippen molar-refractivity contribution < 1.29 is 4.21 Å². The molecule has 3 aromatic rings. The average Bonchev–Trinajstić information content (AvgIpc) is 2.77. The van der Waals surface area contributed by atoms with Crippen molar-refractivity contribution >= 4 is 27.5 Å². The summed E-state index contributed by atoms with van der Waals surface area (Å²) in [5.41, 5.74) is 3.86. The lowest BCUT2D eigenvalue weighted by Crippen LogP contribution is -2.19. The zero-order valence-electron chi connectivity index (χ0n) is 13.4. The van der Waals surface area contributed by atoms with Crippen LogP contribution in [0.25, 0.3) is 11.0 Å². The highest BCUT2D eigenvalue weighted by Gasteiger charge is 2.08. The van der Waals surface area contributed by atoms with Gasteiger partial charge in [-0.15, -0.1) is 0 Å². The van der Waals surface area contributed by atoms with Crippen LogP contribution in [0.15, 0.2) is 52.2 Å². The van der Waals surface area contributed by atoms with Crippen molar-refractivity contribution in [3.8, 4) is 0 Å². The maximum atomic E-state index is 11.9. The molecular formula is C17H19N3O2S. The van der Waals surface area contributed by atoms with Crippen molar-refractivity contribution in [1.29, 1.82) is 0 Å². The largest absolute Gasteiger partial charge is 0.381 e. The lowest BCUT2D eigenvalue weighted by Gasteiger charge is -2.08.